The highest BCUT2D eigenvalue weighted by Crippen LogP contribution is 2.15. The normalized spacial score (nSPS) is 25.8. The third kappa shape index (κ3) is 4.77. The van der Waals surface area contributed by atoms with Gasteiger partial charge in [-0.1, -0.05) is 12.8 Å². The predicted octanol–water partition coefficient (Wildman–Crippen LogP) is 1.89. The van der Waals surface area contributed by atoms with Gasteiger partial charge < -0.3 is 14.5 Å². The fourth-order valence-electron chi connectivity index (χ4n) is 2.94. The van der Waals surface area contributed by atoms with E-state index >= 15 is 0 Å². The third-order valence-electron chi connectivity index (χ3n) is 4.28. The fraction of sp³-hybridized carbons (Fsp3) is 0.933. The molecule has 1 amide bonds. The third-order valence-corrected chi connectivity index (χ3v) is 4.28. The quantitative estimate of drug-likeness (QED) is 0.780. The summed E-state index contributed by atoms with van der Waals surface area (Å²) in [6.45, 7) is 4.98. The van der Waals surface area contributed by atoms with E-state index in [0.29, 0.717) is 0 Å². The van der Waals surface area contributed by atoms with Crippen LogP contribution < -0.4 is 0 Å². The number of rotatable bonds is 4. The molecule has 0 aromatic heterocycles. The summed E-state index contributed by atoms with van der Waals surface area (Å²) in [4.78, 5) is 16.6. The zero-order chi connectivity index (χ0) is 13.5. The van der Waals surface area contributed by atoms with Crippen LogP contribution in [0.4, 0.5) is 0 Å². The number of carbonyl (C=O) groups is 1. The maximum atomic E-state index is 12.2. The lowest BCUT2D eigenvalue weighted by Gasteiger charge is -2.28. The average molecular weight is 268 g/mol. The number of carbonyl (C=O) groups excluding carboxylic acids is 1. The second-order valence-corrected chi connectivity index (χ2v) is 5.87. The standard InChI is InChI=1S/C15H28N2O2/c1-16(15(18)14-8-4-7-13-19-14)11-12-17-9-5-2-3-6-10-17/h14H,2-13H2,1H3/t14-/m0/s1. The highest BCUT2D eigenvalue weighted by Gasteiger charge is 2.25. The second kappa shape index (κ2) is 7.85. The first-order valence-corrected chi connectivity index (χ1v) is 7.86. The molecule has 4 nitrogen and oxygen atoms in total. The van der Waals surface area contributed by atoms with Crippen molar-refractivity contribution in [2.24, 2.45) is 0 Å². The van der Waals surface area contributed by atoms with Gasteiger partial charge in [-0.05, 0) is 45.2 Å². The highest BCUT2D eigenvalue weighted by molar-refractivity contribution is 5.80. The van der Waals surface area contributed by atoms with Crippen molar-refractivity contribution in [3.63, 3.8) is 0 Å². The van der Waals surface area contributed by atoms with Gasteiger partial charge in [0.2, 0.25) is 0 Å². The summed E-state index contributed by atoms with van der Waals surface area (Å²) in [5.41, 5.74) is 0. The first-order chi connectivity index (χ1) is 9.27. The van der Waals surface area contributed by atoms with Gasteiger partial charge in [0.25, 0.3) is 5.91 Å². The molecular formula is C15H28N2O2. The summed E-state index contributed by atoms with van der Waals surface area (Å²) in [5.74, 6) is 0.175. The molecule has 0 spiro atoms. The summed E-state index contributed by atoms with van der Waals surface area (Å²) in [5, 5.41) is 0. The van der Waals surface area contributed by atoms with Gasteiger partial charge in [0.15, 0.2) is 0 Å². The van der Waals surface area contributed by atoms with E-state index in [1.54, 1.807) is 0 Å². The van der Waals surface area contributed by atoms with Crippen molar-refractivity contribution in [1.82, 2.24) is 9.80 Å². The van der Waals surface area contributed by atoms with Crippen molar-refractivity contribution >= 4 is 5.91 Å². The topological polar surface area (TPSA) is 32.8 Å². The lowest BCUT2D eigenvalue weighted by atomic mass is 10.1. The fourth-order valence-corrected chi connectivity index (χ4v) is 2.94. The largest absolute Gasteiger partial charge is 0.368 e. The minimum absolute atomic E-state index is 0.175. The van der Waals surface area contributed by atoms with Gasteiger partial charge >= 0.3 is 0 Å². The van der Waals surface area contributed by atoms with Crippen LogP contribution in [-0.2, 0) is 9.53 Å². The van der Waals surface area contributed by atoms with Gasteiger partial charge in [-0.15, -0.1) is 0 Å². The number of likely N-dealkylation sites (N-methyl/N-ethyl adjacent to an activating group) is 1. The first kappa shape index (κ1) is 14.8. The molecule has 19 heavy (non-hydrogen) atoms. The molecule has 4 heteroatoms. The lowest BCUT2D eigenvalue weighted by Crippen LogP contribution is -2.43. The van der Waals surface area contributed by atoms with E-state index in [9.17, 15) is 4.79 Å². The van der Waals surface area contributed by atoms with Gasteiger partial charge in [0.1, 0.15) is 6.10 Å². The molecule has 0 bridgehead atoms. The van der Waals surface area contributed by atoms with Crippen LogP contribution in [0.2, 0.25) is 0 Å². The smallest absolute Gasteiger partial charge is 0.251 e. The minimum atomic E-state index is -0.178. The van der Waals surface area contributed by atoms with E-state index in [1.807, 2.05) is 11.9 Å². The van der Waals surface area contributed by atoms with Gasteiger partial charge in [-0.3, -0.25) is 4.79 Å². The number of amides is 1. The zero-order valence-electron chi connectivity index (χ0n) is 12.3. The molecule has 0 saturated carbocycles. The molecule has 2 saturated heterocycles. The Morgan fingerprint density at radius 1 is 1.16 bits per heavy atom. The van der Waals surface area contributed by atoms with Crippen LogP contribution in [0.25, 0.3) is 0 Å². The Kier molecular flexibility index (Phi) is 6.11. The van der Waals surface area contributed by atoms with Crippen molar-refractivity contribution in [1.29, 1.82) is 0 Å². The van der Waals surface area contributed by atoms with E-state index in [4.69, 9.17) is 4.74 Å². The number of hydrogen-bond acceptors (Lipinski definition) is 3. The van der Waals surface area contributed by atoms with E-state index in [1.165, 1.54) is 38.8 Å². The molecule has 2 heterocycles. The zero-order valence-corrected chi connectivity index (χ0v) is 12.3. The summed E-state index contributed by atoms with van der Waals surface area (Å²) in [6.07, 6.45) is 8.28. The molecule has 2 aliphatic heterocycles. The molecule has 0 aromatic carbocycles. The lowest BCUT2D eigenvalue weighted by molar-refractivity contribution is -0.145. The molecule has 2 rings (SSSR count). The molecule has 110 valence electrons. The van der Waals surface area contributed by atoms with Crippen LogP contribution in [0, 0.1) is 0 Å². The van der Waals surface area contributed by atoms with E-state index < -0.39 is 0 Å². The van der Waals surface area contributed by atoms with Crippen LogP contribution in [0.15, 0.2) is 0 Å². The number of likely N-dealkylation sites (tertiary alicyclic amines) is 1. The maximum absolute atomic E-state index is 12.2. The molecule has 1 atom stereocenters. The molecule has 0 radical (unpaired) electrons. The molecule has 2 aliphatic rings. The number of nitrogens with zero attached hydrogens (tertiary/aromatic N) is 2. The molecule has 2 fully saturated rings. The van der Waals surface area contributed by atoms with Crippen LogP contribution in [0.1, 0.15) is 44.9 Å². The summed E-state index contributed by atoms with van der Waals surface area (Å²) >= 11 is 0. The first-order valence-electron chi connectivity index (χ1n) is 7.86. The van der Waals surface area contributed by atoms with Gasteiger partial charge in [-0.2, -0.15) is 0 Å². The number of hydrogen-bond donors (Lipinski definition) is 0. The second-order valence-electron chi connectivity index (χ2n) is 5.87. The van der Waals surface area contributed by atoms with E-state index in [2.05, 4.69) is 4.90 Å². The predicted molar refractivity (Wildman–Crippen MR) is 76.1 cm³/mol. The van der Waals surface area contributed by atoms with E-state index in [0.717, 1.165) is 39.0 Å². The Balaban J connectivity index is 1.70. The Morgan fingerprint density at radius 2 is 1.89 bits per heavy atom. The maximum Gasteiger partial charge on any atom is 0.251 e. The monoisotopic (exact) mass is 268 g/mol. The Bertz CT molecular complexity index is 269. The SMILES string of the molecule is CN(CCN1CCCCCC1)C(=O)[C@@H]1CCCCO1. The molecule has 0 N–H and O–H groups in total. The van der Waals surface area contributed by atoms with Crippen LogP contribution >= 0.6 is 0 Å². The molecule has 0 unspecified atom stereocenters. The van der Waals surface area contributed by atoms with Gasteiger partial charge in [0, 0.05) is 26.7 Å². The van der Waals surface area contributed by atoms with Gasteiger partial charge in [-0.25, -0.2) is 0 Å². The van der Waals surface area contributed by atoms with Crippen LogP contribution in [0.3, 0.4) is 0 Å². The molecule has 0 aliphatic carbocycles. The molecule has 0 aromatic rings. The average Bonchev–Trinajstić information content (AvgIpc) is 2.73. The van der Waals surface area contributed by atoms with E-state index in [-0.39, 0.29) is 12.0 Å². The Labute approximate surface area is 117 Å². The Hall–Kier alpha value is -0.610. The summed E-state index contributed by atoms with van der Waals surface area (Å²) < 4.78 is 5.57. The van der Waals surface area contributed by atoms with Crippen molar-refractivity contribution in [2.45, 2.75) is 51.0 Å². The van der Waals surface area contributed by atoms with Gasteiger partial charge in [0.05, 0.1) is 0 Å². The summed E-state index contributed by atoms with van der Waals surface area (Å²) in [7, 11) is 1.91. The Morgan fingerprint density at radius 3 is 2.53 bits per heavy atom. The van der Waals surface area contributed by atoms with Crippen molar-refractivity contribution in [3.05, 3.63) is 0 Å². The minimum Gasteiger partial charge on any atom is -0.368 e. The van der Waals surface area contributed by atoms with Crippen molar-refractivity contribution in [2.75, 3.05) is 39.8 Å². The summed E-state index contributed by atoms with van der Waals surface area (Å²) in [6, 6.07) is 0. The molecular weight excluding hydrogens is 240 g/mol. The highest BCUT2D eigenvalue weighted by atomic mass is 16.5. The number of ether oxygens (including phenoxy) is 1. The van der Waals surface area contributed by atoms with Crippen LogP contribution in [0.5, 0.6) is 0 Å². The van der Waals surface area contributed by atoms with Crippen LogP contribution in [-0.4, -0.2) is 61.6 Å². The van der Waals surface area contributed by atoms with Crippen molar-refractivity contribution < 1.29 is 9.53 Å². The van der Waals surface area contributed by atoms with Crippen molar-refractivity contribution in [3.8, 4) is 0 Å².